The monoisotopic (exact) mass is 270 g/mol. The molecule has 0 bridgehead atoms. The molecule has 0 saturated carbocycles. The average Bonchev–Trinajstić information content (AvgIpc) is 2.17. The van der Waals surface area contributed by atoms with Crippen molar-refractivity contribution in [2.24, 2.45) is 0 Å². The number of hydrogen-bond acceptors (Lipinski definition) is 2. The smallest absolute Gasteiger partial charge is 0.307 e. The Morgan fingerprint density at radius 1 is 1.33 bits per heavy atom. The van der Waals surface area contributed by atoms with Crippen molar-refractivity contribution in [3.05, 3.63) is 35.9 Å². The summed E-state index contributed by atoms with van der Waals surface area (Å²) < 4.78 is 5.07. The molecule has 82 valence electrons. The van der Waals surface area contributed by atoms with E-state index in [0.29, 0.717) is 6.42 Å². The van der Waals surface area contributed by atoms with Crippen LogP contribution in [0.25, 0.3) is 0 Å². The number of rotatable bonds is 4. The van der Waals surface area contributed by atoms with Gasteiger partial charge in [0.25, 0.3) is 0 Å². The number of hydrogen-bond donors (Lipinski definition) is 0. The van der Waals surface area contributed by atoms with E-state index < -0.39 is 0 Å². The lowest BCUT2D eigenvalue weighted by Crippen LogP contribution is -2.12. The molecule has 1 aromatic rings. The predicted molar refractivity (Wildman–Crippen MR) is 64.0 cm³/mol. The van der Waals surface area contributed by atoms with Gasteiger partial charge in [0.05, 0.1) is 12.5 Å². The van der Waals surface area contributed by atoms with Crippen LogP contribution in [0.5, 0.6) is 0 Å². The minimum Gasteiger partial charge on any atom is -0.463 e. The molecule has 0 aliphatic heterocycles. The number of esters is 1. The first-order valence-electron chi connectivity index (χ1n) is 4.98. The van der Waals surface area contributed by atoms with Gasteiger partial charge in [0.1, 0.15) is 0 Å². The van der Waals surface area contributed by atoms with Crippen LogP contribution in [0.2, 0.25) is 0 Å². The Morgan fingerprint density at radius 3 is 2.47 bits per heavy atom. The standard InChI is InChI=1S/C12H15BrO2/c1-9(2)15-12(14)8-11(13)10-6-4-3-5-7-10/h3-7,9,11H,8H2,1-2H3. The SMILES string of the molecule is CC(C)OC(=O)CC(Br)c1ccccc1. The molecular weight excluding hydrogens is 256 g/mol. The van der Waals surface area contributed by atoms with Crippen molar-refractivity contribution in [3.63, 3.8) is 0 Å². The van der Waals surface area contributed by atoms with Crippen molar-refractivity contribution in [3.8, 4) is 0 Å². The van der Waals surface area contributed by atoms with E-state index in [1.165, 1.54) is 0 Å². The van der Waals surface area contributed by atoms with Crippen molar-refractivity contribution in [2.45, 2.75) is 31.2 Å². The molecule has 1 aromatic carbocycles. The topological polar surface area (TPSA) is 26.3 Å². The molecule has 1 unspecified atom stereocenters. The third-order valence-corrected chi connectivity index (χ3v) is 2.73. The number of benzene rings is 1. The second-order valence-electron chi connectivity index (χ2n) is 3.62. The van der Waals surface area contributed by atoms with E-state index in [1.807, 2.05) is 44.2 Å². The van der Waals surface area contributed by atoms with Crippen LogP contribution in [0.15, 0.2) is 30.3 Å². The van der Waals surface area contributed by atoms with Crippen molar-refractivity contribution in [1.82, 2.24) is 0 Å². The molecule has 3 heteroatoms. The Morgan fingerprint density at radius 2 is 1.93 bits per heavy atom. The molecule has 0 aromatic heterocycles. The summed E-state index contributed by atoms with van der Waals surface area (Å²) in [5.41, 5.74) is 1.10. The van der Waals surface area contributed by atoms with E-state index in [9.17, 15) is 4.79 Å². The van der Waals surface area contributed by atoms with Crippen molar-refractivity contribution in [1.29, 1.82) is 0 Å². The van der Waals surface area contributed by atoms with E-state index in [-0.39, 0.29) is 16.9 Å². The lowest BCUT2D eigenvalue weighted by Gasteiger charge is -2.11. The van der Waals surface area contributed by atoms with Gasteiger partial charge in [-0.05, 0) is 19.4 Å². The van der Waals surface area contributed by atoms with Crippen molar-refractivity contribution in [2.75, 3.05) is 0 Å². The Balaban J connectivity index is 2.49. The normalized spacial score (nSPS) is 12.5. The number of halogens is 1. The molecule has 0 aliphatic carbocycles. The minimum absolute atomic E-state index is 0.0324. The molecule has 0 amide bonds. The van der Waals surface area contributed by atoms with Crippen LogP contribution < -0.4 is 0 Å². The number of alkyl halides is 1. The fourth-order valence-corrected chi connectivity index (χ4v) is 1.81. The summed E-state index contributed by atoms with van der Waals surface area (Å²) in [6.07, 6.45) is 0.315. The first kappa shape index (κ1) is 12.2. The third kappa shape index (κ3) is 4.47. The molecule has 2 nitrogen and oxygen atoms in total. The van der Waals surface area contributed by atoms with Crippen LogP contribution in [-0.4, -0.2) is 12.1 Å². The number of carbonyl (C=O) groups is 1. The Kier molecular flexibility index (Phi) is 4.82. The van der Waals surface area contributed by atoms with Gasteiger partial charge in [-0.2, -0.15) is 0 Å². The lowest BCUT2D eigenvalue weighted by atomic mass is 10.1. The van der Waals surface area contributed by atoms with E-state index >= 15 is 0 Å². The molecule has 0 radical (unpaired) electrons. The van der Waals surface area contributed by atoms with E-state index in [2.05, 4.69) is 15.9 Å². The van der Waals surface area contributed by atoms with Gasteiger partial charge >= 0.3 is 5.97 Å². The molecule has 15 heavy (non-hydrogen) atoms. The van der Waals surface area contributed by atoms with Gasteiger partial charge in [-0.15, -0.1) is 0 Å². The fourth-order valence-electron chi connectivity index (χ4n) is 1.24. The first-order valence-corrected chi connectivity index (χ1v) is 5.89. The molecule has 0 aliphatic rings. The van der Waals surface area contributed by atoms with Gasteiger partial charge in [0.15, 0.2) is 0 Å². The van der Waals surface area contributed by atoms with E-state index in [1.54, 1.807) is 0 Å². The summed E-state index contributed by atoms with van der Waals surface area (Å²) >= 11 is 3.48. The Labute approximate surface area is 98.8 Å². The quantitative estimate of drug-likeness (QED) is 0.619. The predicted octanol–water partition coefficient (Wildman–Crippen LogP) is 3.46. The van der Waals surface area contributed by atoms with Crippen LogP contribution in [0.3, 0.4) is 0 Å². The molecule has 0 fully saturated rings. The summed E-state index contributed by atoms with van der Waals surface area (Å²) in [4.78, 5) is 11.4. The summed E-state index contributed by atoms with van der Waals surface area (Å²) in [5.74, 6) is -0.171. The number of ether oxygens (including phenoxy) is 1. The van der Waals surface area contributed by atoms with E-state index in [4.69, 9.17) is 4.74 Å². The van der Waals surface area contributed by atoms with Crippen molar-refractivity contribution >= 4 is 21.9 Å². The average molecular weight is 271 g/mol. The minimum atomic E-state index is -0.171. The zero-order valence-corrected chi connectivity index (χ0v) is 10.5. The van der Waals surface area contributed by atoms with Crippen LogP contribution in [0.1, 0.15) is 30.7 Å². The molecule has 1 atom stereocenters. The molecule has 1 rings (SSSR count). The Bertz CT molecular complexity index is 309. The summed E-state index contributed by atoms with van der Waals surface area (Å²) in [5, 5.41) is 0. The first-order chi connectivity index (χ1) is 7.09. The van der Waals surface area contributed by atoms with Crippen LogP contribution >= 0.6 is 15.9 Å². The van der Waals surface area contributed by atoms with Gasteiger partial charge in [0.2, 0.25) is 0 Å². The largest absolute Gasteiger partial charge is 0.463 e. The number of carbonyl (C=O) groups excluding carboxylic acids is 1. The molecule has 0 spiro atoms. The summed E-state index contributed by atoms with van der Waals surface area (Å²) in [7, 11) is 0. The van der Waals surface area contributed by atoms with E-state index in [0.717, 1.165) is 5.56 Å². The van der Waals surface area contributed by atoms with Gasteiger partial charge in [-0.25, -0.2) is 0 Å². The molecule has 0 saturated heterocycles. The van der Waals surface area contributed by atoms with Gasteiger partial charge in [-0.3, -0.25) is 4.79 Å². The highest BCUT2D eigenvalue weighted by Gasteiger charge is 2.14. The zero-order chi connectivity index (χ0) is 11.3. The van der Waals surface area contributed by atoms with Gasteiger partial charge < -0.3 is 4.74 Å². The molecular formula is C12H15BrO2. The van der Waals surface area contributed by atoms with Crippen LogP contribution in [0, 0.1) is 0 Å². The van der Waals surface area contributed by atoms with Crippen molar-refractivity contribution < 1.29 is 9.53 Å². The second kappa shape index (κ2) is 5.91. The fraction of sp³-hybridized carbons (Fsp3) is 0.417. The lowest BCUT2D eigenvalue weighted by molar-refractivity contribution is -0.147. The summed E-state index contributed by atoms with van der Waals surface area (Å²) in [6.45, 7) is 3.70. The molecule has 0 N–H and O–H groups in total. The Hall–Kier alpha value is -0.830. The zero-order valence-electron chi connectivity index (χ0n) is 8.94. The second-order valence-corrected chi connectivity index (χ2v) is 4.73. The maximum absolute atomic E-state index is 11.4. The maximum atomic E-state index is 11.4. The summed E-state index contributed by atoms with van der Waals surface area (Å²) in [6, 6.07) is 9.84. The highest BCUT2D eigenvalue weighted by atomic mass is 79.9. The van der Waals surface area contributed by atoms with Gasteiger partial charge in [0, 0.05) is 4.83 Å². The maximum Gasteiger partial charge on any atom is 0.307 e. The highest BCUT2D eigenvalue weighted by molar-refractivity contribution is 9.09. The molecule has 0 heterocycles. The van der Waals surface area contributed by atoms with Gasteiger partial charge in [-0.1, -0.05) is 46.3 Å². The van der Waals surface area contributed by atoms with Crippen LogP contribution in [0.4, 0.5) is 0 Å². The highest BCUT2D eigenvalue weighted by Crippen LogP contribution is 2.26. The van der Waals surface area contributed by atoms with Crippen LogP contribution in [-0.2, 0) is 9.53 Å². The third-order valence-electron chi connectivity index (χ3n) is 1.87.